The number of unbranched alkanes of at least 4 members (excludes halogenated alkanes) is 17. The molecule has 0 amide bonds. The molecule has 0 aromatic rings. The Morgan fingerprint density at radius 1 is 0.344 bits per heavy atom. The molecule has 0 aliphatic carbocycles. The van der Waals surface area contributed by atoms with Crippen LogP contribution in [-0.4, -0.2) is 49.6 Å². The summed E-state index contributed by atoms with van der Waals surface area (Å²) in [5, 5.41) is 25.2. The summed E-state index contributed by atoms with van der Waals surface area (Å²) in [6.07, 6.45) is 24.8. The van der Waals surface area contributed by atoms with E-state index < -0.39 is 0 Å². The van der Waals surface area contributed by atoms with Gasteiger partial charge in [-0.15, -0.1) is 0 Å². The number of nitrogens with zero attached hydrogens (tertiary/aromatic N) is 2. The highest BCUT2D eigenvalue weighted by molar-refractivity contribution is 4.51. The smallest absolute Gasteiger partial charge is 0.0781 e. The second kappa shape index (κ2) is 21.4. The first-order valence-electron chi connectivity index (χ1n) is 14.4. The number of quaternary nitrogens is 2. The van der Waals surface area contributed by atoms with E-state index in [1.165, 1.54) is 89.9 Å². The maximum Gasteiger partial charge on any atom is 0.0781 e. The molecule has 0 rings (SSSR count). The number of rotatable bonds is 25. The number of hydrogen-bond donors (Lipinski definition) is 0. The van der Waals surface area contributed by atoms with E-state index >= 15 is 0 Å². The van der Waals surface area contributed by atoms with Crippen LogP contribution in [0.4, 0.5) is 0 Å². The largest absolute Gasteiger partial charge is 0.633 e. The Morgan fingerprint density at radius 3 is 0.750 bits per heavy atom. The van der Waals surface area contributed by atoms with Crippen LogP contribution in [0.25, 0.3) is 0 Å². The fraction of sp³-hybridized carbons (Fsp3) is 1.00. The molecule has 0 spiro atoms. The molecule has 0 N–H and O–H groups in total. The summed E-state index contributed by atoms with van der Waals surface area (Å²) < 4.78 is -0.159. The lowest BCUT2D eigenvalue weighted by Crippen LogP contribution is -2.39. The molecule has 0 aliphatic heterocycles. The lowest BCUT2D eigenvalue weighted by atomic mass is 10.1. The summed E-state index contributed by atoms with van der Waals surface area (Å²) in [6, 6.07) is 0. The first-order chi connectivity index (χ1) is 15.3. The summed E-state index contributed by atoms with van der Waals surface area (Å²) in [5.74, 6) is 0. The Hall–Kier alpha value is -0.160. The third-order valence-electron chi connectivity index (χ3n) is 6.98. The van der Waals surface area contributed by atoms with Gasteiger partial charge in [0.2, 0.25) is 0 Å². The van der Waals surface area contributed by atoms with Gasteiger partial charge < -0.3 is 19.7 Å². The van der Waals surface area contributed by atoms with Gasteiger partial charge in [0.1, 0.15) is 0 Å². The molecule has 0 fully saturated rings. The van der Waals surface area contributed by atoms with Crippen molar-refractivity contribution >= 4 is 0 Å². The van der Waals surface area contributed by atoms with Crippen LogP contribution in [0, 0.1) is 10.4 Å². The van der Waals surface area contributed by atoms with Crippen LogP contribution < -0.4 is 0 Å². The Kier molecular flexibility index (Phi) is 21.3. The third kappa shape index (κ3) is 23.0. The van der Waals surface area contributed by atoms with Gasteiger partial charge in [-0.25, -0.2) is 0 Å². The van der Waals surface area contributed by atoms with Crippen LogP contribution in [0.5, 0.6) is 0 Å². The molecule has 2 unspecified atom stereocenters. The minimum absolute atomic E-state index is 0.0797. The van der Waals surface area contributed by atoms with Crippen LogP contribution in [-0.2, 0) is 0 Å². The molecule has 0 aliphatic rings. The van der Waals surface area contributed by atoms with Crippen molar-refractivity contribution in [2.45, 2.75) is 142 Å². The topological polar surface area (TPSA) is 46.1 Å². The Bertz CT molecular complexity index is 350. The summed E-state index contributed by atoms with van der Waals surface area (Å²) in [6.45, 7) is 7.51. The average Bonchev–Trinajstić information content (AvgIpc) is 2.74. The molecule has 4 nitrogen and oxygen atoms in total. The van der Waals surface area contributed by atoms with Crippen molar-refractivity contribution in [3.63, 3.8) is 0 Å². The minimum atomic E-state index is -0.0797. The van der Waals surface area contributed by atoms with Crippen molar-refractivity contribution in [1.29, 1.82) is 0 Å². The highest BCUT2D eigenvalue weighted by atomic mass is 16.5. The fourth-order valence-electron chi connectivity index (χ4n) is 4.63. The van der Waals surface area contributed by atoms with E-state index in [1.807, 2.05) is 14.1 Å². The van der Waals surface area contributed by atoms with Crippen LogP contribution in [0.2, 0.25) is 0 Å². The summed E-state index contributed by atoms with van der Waals surface area (Å²) in [4.78, 5) is 0. The van der Waals surface area contributed by atoms with Gasteiger partial charge in [-0.2, -0.15) is 0 Å². The SMILES string of the molecule is CCCCCCCCCC[N+](C)([O-])CCCCCC[N+](C)([O-])CCCCCCCCCC. The van der Waals surface area contributed by atoms with Gasteiger partial charge in [0.25, 0.3) is 0 Å². The zero-order valence-electron chi connectivity index (χ0n) is 22.7. The lowest BCUT2D eigenvalue weighted by molar-refractivity contribution is -0.862. The van der Waals surface area contributed by atoms with E-state index in [0.717, 1.165) is 64.7 Å². The van der Waals surface area contributed by atoms with Gasteiger partial charge in [0.05, 0.1) is 40.3 Å². The predicted octanol–water partition coefficient (Wildman–Crippen LogP) is 8.72. The maximum absolute atomic E-state index is 12.6. The van der Waals surface area contributed by atoms with E-state index in [2.05, 4.69) is 13.8 Å². The van der Waals surface area contributed by atoms with Crippen molar-refractivity contribution in [1.82, 2.24) is 0 Å². The molecule has 0 radical (unpaired) electrons. The Balaban J connectivity index is 3.56. The fourth-order valence-corrected chi connectivity index (χ4v) is 4.63. The molecule has 0 aromatic carbocycles. The van der Waals surface area contributed by atoms with E-state index in [-0.39, 0.29) is 9.29 Å². The lowest BCUT2D eigenvalue weighted by Gasteiger charge is -2.39. The van der Waals surface area contributed by atoms with Crippen LogP contribution in [0.15, 0.2) is 0 Å². The molecule has 0 aromatic heterocycles. The van der Waals surface area contributed by atoms with E-state index in [0.29, 0.717) is 0 Å². The van der Waals surface area contributed by atoms with Gasteiger partial charge in [-0.05, 0) is 51.4 Å². The highest BCUT2D eigenvalue weighted by Crippen LogP contribution is 2.14. The van der Waals surface area contributed by atoms with Crippen molar-refractivity contribution < 1.29 is 9.29 Å². The van der Waals surface area contributed by atoms with Crippen molar-refractivity contribution in [3.8, 4) is 0 Å². The zero-order chi connectivity index (χ0) is 24.0. The first kappa shape index (κ1) is 31.8. The zero-order valence-corrected chi connectivity index (χ0v) is 22.7. The molecule has 32 heavy (non-hydrogen) atoms. The maximum atomic E-state index is 12.6. The van der Waals surface area contributed by atoms with Crippen LogP contribution in [0.3, 0.4) is 0 Å². The quantitative estimate of drug-likeness (QED) is 0.0783. The van der Waals surface area contributed by atoms with Crippen LogP contribution in [0.1, 0.15) is 142 Å². The molecule has 0 heterocycles. The summed E-state index contributed by atoms with van der Waals surface area (Å²) in [5.41, 5.74) is 0. The van der Waals surface area contributed by atoms with Gasteiger partial charge in [-0.1, -0.05) is 90.9 Å². The molecule has 4 heteroatoms. The van der Waals surface area contributed by atoms with E-state index in [9.17, 15) is 10.4 Å². The van der Waals surface area contributed by atoms with Crippen molar-refractivity contribution in [2.24, 2.45) is 0 Å². The van der Waals surface area contributed by atoms with Crippen molar-refractivity contribution in [3.05, 3.63) is 10.4 Å². The molecular weight excluding hydrogens is 396 g/mol. The van der Waals surface area contributed by atoms with Gasteiger partial charge in [0.15, 0.2) is 0 Å². The average molecular weight is 457 g/mol. The number of hydroxylamine groups is 6. The molecule has 194 valence electrons. The molecular formula is C28H60N2O2. The normalized spacial score (nSPS) is 15.6. The minimum Gasteiger partial charge on any atom is -0.633 e. The van der Waals surface area contributed by atoms with Gasteiger partial charge >= 0.3 is 0 Å². The number of hydrogen-bond acceptors (Lipinski definition) is 2. The Labute approximate surface area is 202 Å². The standard InChI is InChI=1S/C28H60N2O2/c1-5-7-9-11-13-15-17-21-25-29(3,31)27-23-19-20-24-28-30(4,32)26-22-18-16-14-12-10-8-6-2/h5-28H2,1-4H3. The summed E-state index contributed by atoms with van der Waals surface area (Å²) in [7, 11) is 3.69. The highest BCUT2D eigenvalue weighted by Gasteiger charge is 2.11. The summed E-state index contributed by atoms with van der Waals surface area (Å²) >= 11 is 0. The van der Waals surface area contributed by atoms with E-state index in [1.54, 1.807) is 0 Å². The molecule has 0 saturated heterocycles. The molecule has 0 bridgehead atoms. The second-order valence-corrected chi connectivity index (χ2v) is 10.9. The Morgan fingerprint density at radius 2 is 0.531 bits per heavy atom. The molecule has 2 atom stereocenters. The van der Waals surface area contributed by atoms with Crippen LogP contribution >= 0.6 is 0 Å². The first-order valence-corrected chi connectivity index (χ1v) is 14.4. The second-order valence-electron chi connectivity index (χ2n) is 10.9. The predicted molar refractivity (Wildman–Crippen MR) is 142 cm³/mol. The monoisotopic (exact) mass is 456 g/mol. The van der Waals surface area contributed by atoms with Gasteiger partial charge in [0, 0.05) is 0 Å². The third-order valence-corrected chi connectivity index (χ3v) is 6.98. The molecule has 0 saturated carbocycles. The van der Waals surface area contributed by atoms with Gasteiger partial charge in [-0.3, -0.25) is 0 Å². The van der Waals surface area contributed by atoms with Crippen molar-refractivity contribution in [2.75, 3.05) is 40.3 Å². The van der Waals surface area contributed by atoms with E-state index in [4.69, 9.17) is 0 Å².